The SMILES string of the molecule is CCNC(CC1(OC)CCC1)c1ccc(C(C)C)cc1. The second-order valence-corrected chi connectivity index (χ2v) is 6.38. The van der Waals surface area contributed by atoms with E-state index in [4.69, 9.17) is 4.74 Å². The minimum atomic E-state index is 0.115. The van der Waals surface area contributed by atoms with Crippen molar-refractivity contribution in [1.29, 1.82) is 0 Å². The van der Waals surface area contributed by atoms with E-state index in [0.717, 1.165) is 13.0 Å². The summed E-state index contributed by atoms with van der Waals surface area (Å²) < 4.78 is 5.79. The Morgan fingerprint density at radius 3 is 2.15 bits per heavy atom. The lowest BCUT2D eigenvalue weighted by atomic mass is 9.74. The lowest BCUT2D eigenvalue weighted by Crippen LogP contribution is -2.42. The fraction of sp³-hybridized carbons (Fsp3) is 0.667. The summed E-state index contributed by atoms with van der Waals surface area (Å²) in [5.41, 5.74) is 2.91. The van der Waals surface area contributed by atoms with Gasteiger partial charge in [0.1, 0.15) is 0 Å². The Morgan fingerprint density at radius 1 is 1.15 bits per heavy atom. The average Bonchev–Trinajstić information content (AvgIpc) is 2.42. The second kappa shape index (κ2) is 6.73. The van der Waals surface area contributed by atoms with E-state index >= 15 is 0 Å². The summed E-state index contributed by atoms with van der Waals surface area (Å²) in [6, 6.07) is 9.51. The first kappa shape index (κ1) is 15.5. The van der Waals surface area contributed by atoms with E-state index in [1.165, 1.54) is 30.4 Å². The third-order valence-corrected chi connectivity index (χ3v) is 4.73. The van der Waals surface area contributed by atoms with Crippen LogP contribution >= 0.6 is 0 Å². The van der Waals surface area contributed by atoms with Crippen LogP contribution in [0, 0.1) is 0 Å². The molecule has 1 aliphatic rings. The Hall–Kier alpha value is -0.860. The summed E-state index contributed by atoms with van der Waals surface area (Å²) in [5.74, 6) is 0.596. The maximum absolute atomic E-state index is 5.79. The van der Waals surface area contributed by atoms with Gasteiger partial charge in [-0.3, -0.25) is 0 Å². The highest BCUT2D eigenvalue weighted by Crippen LogP contribution is 2.41. The molecule has 0 heterocycles. The van der Waals surface area contributed by atoms with E-state index in [1.54, 1.807) is 0 Å². The van der Waals surface area contributed by atoms with Crippen molar-refractivity contribution in [3.8, 4) is 0 Å². The van der Waals surface area contributed by atoms with Crippen molar-refractivity contribution < 1.29 is 4.74 Å². The van der Waals surface area contributed by atoms with Crippen molar-refractivity contribution in [3.05, 3.63) is 35.4 Å². The molecule has 2 nitrogen and oxygen atoms in total. The molecule has 0 spiro atoms. The van der Waals surface area contributed by atoms with Gasteiger partial charge in [0.25, 0.3) is 0 Å². The number of methoxy groups -OCH3 is 1. The quantitative estimate of drug-likeness (QED) is 0.795. The van der Waals surface area contributed by atoms with Gasteiger partial charge >= 0.3 is 0 Å². The minimum Gasteiger partial charge on any atom is -0.378 e. The second-order valence-electron chi connectivity index (χ2n) is 6.38. The Bertz CT molecular complexity index is 400. The highest BCUT2D eigenvalue weighted by Gasteiger charge is 2.39. The van der Waals surface area contributed by atoms with Crippen LogP contribution in [0.2, 0.25) is 0 Å². The Kier molecular flexibility index (Phi) is 5.22. The molecule has 1 aromatic rings. The van der Waals surface area contributed by atoms with Gasteiger partial charge in [0.2, 0.25) is 0 Å². The van der Waals surface area contributed by atoms with E-state index < -0.39 is 0 Å². The van der Waals surface area contributed by atoms with E-state index in [0.29, 0.717) is 12.0 Å². The first-order chi connectivity index (χ1) is 9.60. The Balaban J connectivity index is 2.11. The van der Waals surface area contributed by atoms with E-state index in [1.807, 2.05) is 7.11 Å². The standard InChI is InChI=1S/C18H29NO/c1-5-19-17(13-18(20-4)11-6-12-18)16-9-7-15(8-10-16)14(2)3/h7-10,14,17,19H,5-6,11-13H2,1-4H3. The molecule has 0 radical (unpaired) electrons. The van der Waals surface area contributed by atoms with Crippen LogP contribution in [0.5, 0.6) is 0 Å². The average molecular weight is 275 g/mol. The van der Waals surface area contributed by atoms with Gasteiger partial charge in [0, 0.05) is 13.2 Å². The zero-order chi connectivity index (χ0) is 14.6. The highest BCUT2D eigenvalue weighted by atomic mass is 16.5. The van der Waals surface area contributed by atoms with Crippen LogP contribution in [-0.4, -0.2) is 19.3 Å². The van der Waals surface area contributed by atoms with Gasteiger partial charge in [-0.2, -0.15) is 0 Å². The van der Waals surface area contributed by atoms with Crippen LogP contribution < -0.4 is 5.32 Å². The molecule has 2 rings (SSSR count). The number of ether oxygens (including phenoxy) is 1. The van der Waals surface area contributed by atoms with Crippen LogP contribution in [0.3, 0.4) is 0 Å². The maximum Gasteiger partial charge on any atom is 0.0697 e. The van der Waals surface area contributed by atoms with Gasteiger partial charge < -0.3 is 10.1 Å². The molecule has 0 saturated heterocycles. The predicted molar refractivity (Wildman–Crippen MR) is 85.2 cm³/mol. The summed E-state index contributed by atoms with van der Waals surface area (Å²) in [5, 5.41) is 3.63. The summed E-state index contributed by atoms with van der Waals surface area (Å²) in [4.78, 5) is 0. The molecular formula is C18H29NO. The number of hydrogen-bond donors (Lipinski definition) is 1. The molecular weight excluding hydrogens is 246 g/mol. The van der Waals surface area contributed by atoms with E-state index in [2.05, 4.69) is 50.4 Å². The lowest BCUT2D eigenvalue weighted by molar-refractivity contribution is -0.0837. The van der Waals surface area contributed by atoms with Crippen molar-refractivity contribution in [2.75, 3.05) is 13.7 Å². The van der Waals surface area contributed by atoms with Crippen molar-refractivity contribution >= 4 is 0 Å². The highest BCUT2D eigenvalue weighted by molar-refractivity contribution is 5.27. The minimum absolute atomic E-state index is 0.115. The third kappa shape index (κ3) is 3.42. The first-order valence-electron chi connectivity index (χ1n) is 7.98. The molecule has 0 amide bonds. The largest absolute Gasteiger partial charge is 0.378 e. The molecule has 1 atom stereocenters. The fourth-order valence-electron chi connectivity index (χ4n) is 3.10. The van der Waals surface area contributed by atoms with Gasteiger partial charge in [-0.05, 0) is 49.3 Å². The fourth-order valence-corrected chi connectivity index (χ4v) is 3.10. The number of benzene rings is 1. The molecule has 1 aromatic carbocycles. The number of rotatable bonds is 7. The Morgan fingerprint density at radius 2 is 1.75 bits per heavy atom. The summed E-state index contributed by atoms with van der Waals surface area (Å²) in [6.45, 7) is 7.66. The molecule has 1 aliphatic carbocycles. The molecule has 1 N–H and O–H groups in total. The van der Waals surface area contributed by atoms with Crippen molar-refractivity contribution in [2.24, 2.45) is 0 Å². The lowest BCUT2D eigenvalue weighted by Gasteiger charge is -2.43. The van der Waals surface area contributed by atoms with Crippen LogP contribution in [0.25, 0.3) is 0 Å². The zero-order valence-corrected chi connectivity index (χ0v) is 13.4. The molecule has 0 bridgehead atoms. The monoisotopic (exact) mass is 275 g/mol. The van der Waals surface area contributed by atoms with Gasteiger partial charge in [-0.15, -0.1) is 0 Å². The van der Waals surface area contributed by atoms with Gasteiger partial charge in [0.15, 0.2) is 0 Å². The van der Waals surface area contributed by atoms with Crippen LogP contribution in [0.1, 0.15) is 69.5 Å². The maximum atomic E-state index is 5.79. The molecule has 2 heteroatoms. The molecule has 20 heavy (non-hydrogen) atoms. The molecule has 1 saturated carbocycles. The number of hydrogen-bond acceptors (Lipinski definition) is 2. The zero-order valence-electron chi connectivity index (χ0n) is 13.4. The van der Waals surface area contributed by atoms with E-state index in [9.17, 15) is 0 Å². The topological polar surface area (TPSA) is 21.3 Å². The predicted octanol–water partition coefficient (Wildman–Crippen LogP) is 4.42. The molecule has 112 valence electrons. The Labute approximate surface area is 123 Å². The molecule has 1 unspecified atom stereocenters. The molecule has 0 aliphatic heterocycles. The van der Waals surface area contributed by atoms with Crippen molar-refractivity contribution in [3.63, 3.8) is 0 Å². The molecule has 1 fully saturated rings. The first-order valence-corrected chi connectivity index (χ1v) is 7.98. The van der Waals surface area contributed by atoms with Gasteiger partial charge in [0.05, 0.1) is 5.60 Å². The van der Waals surface area contributed by atoms with Crippen LogP contribution in [0.4, 0.5) is 0 Å². The number of nitrogens with one attached hydrogen (secondary N) is 1. The van der Waals surface area contributed by atoms with Crippen molar-refractivity contribution in [2.45, 2.75) is 64.0 Å². The normalized spacial score (nSPS) is 18.9. The summed E-state index contributed by atoms with van der Waals surface area (Å²) in [7, 11) is 1.87. The van der Waals surface area contributed by atoms with E-state index in [-0.39, 0.29) is 5.60 Å². The summed E-state index contributed by atoms with van der Waals surface area (Å²) >= 11 is 0. The van der Waals surface area contributed by atoms with Crippen LogP contribution in [0.15, 0.2) is 24.3 Å². The van der Waals surface area contributed by atoms with Gasteiger partial charge in [-0.1, -0.05) is 45.0 Å². The van der Waals surface area contributed by atoms with Gasteiger partial charge in [-0.25, -0.2) is 0 Å². The van der Waals surface area contributed by atoms with Crippen LogP contribution in [-0.2, 0) is 4.74 Å². The third-order valence-electron chi connectivity index (χ3n) is 4.73. The van der Waals surface area contributed by atoms with Crippen molar-refractivity contribution in [1.82, 2.24) is 5.32 Å². The smallest absolute Gasteiger partial charge is 0.0697 e. The summed E-state index contributed by atoms with van der Waals surface area (Å²) in [6.07, 6.45) is 4.79. The molecule has 0 aromatic heterocycles.